The van der Waals surface area contributed by atoms with Crippen molar-refractivity contribution in [2.75, 3.05) is 13.1 Å². The van der Waals surface area contributed by atoms with Crippen molar-refractivity contribution in [3.05, 3.63) is 29.8 Å². The molecule has 0 aliphatic carbocycles. The van der Waals surface area contributed by atoms with Crippen molar-refractivity contribution in [2.24, 2.45) is 0 Å². The Balaban J connectivity index is 1.64. The summed E-state index contributed by atoms with van der Waals surface area (Å²) in [6.07, 6.45) is 4.34. The van der Waals surface area contributed by atoms with Crippen molar-refractivity contribution in [3.8, 4) is 0 Å². The molecule has 3 aliphatic heterocycles. The summed E-state index contributed by atoms with van der Waals surface area (Å²) in [4.78, 5) is 8.96. The number of rotatable bonds is 3. The number of piperidine rings is 1. The van der Waals surface area contributed by atoms with Crippen molar-refractivity contribution in [1.29, 1.82) is 0 Å². The van der Waals surface area contributed by atoms with E-state index in [0.717, 1.165) is 25.2 Å². The normalized spacial score (nSPS) is 28.4. The fourth-order valence-corrected chi connectivity index (χ4v) is 3.15. The minimum Gasteiger partial charge on any atom is -0.298 e. The molecule has 0 radical (unpaired) electrons. The van der Waals surface area contributed by atoms with Crippen LogP contribution >= 0.6 is 0 Å². The lowest BCUT2D eigenvalue weighted by atomic mass is 9.86. The van der Waals surface area contributed by atoms with Crippen LogP contribution in [0.1, 0.15) is 25.8 Å². The third-order valence-electron chi connectivity index (χ3n) is 4.23. The fraction of sp³-hybridized carbons (Fsp3) is 0.643. The fourth-order valence-electron chi connectivity index (χ4n) is 3.15. The van der Waals surface area contributed by atoms with Gasteiger partial charge < -0.3 is 0 Å². The maximum absolute atomic E-state index is 13.1. The molecule has 0 N–H and O–H groups in total. The van der Waals surface area contributed by atoms with Gasteiger partial charge in [-0.2, -0.15) is 0 Å². The molecule has 0 spiro atoms. The Morgan fingerprint density at radius 1 is 1.33 bits per heavy atom. The number of nitrogens with zero attached hydrogens (tertiary/aromatic N) is 3. The summed E-state index contributed by atoms with van der Waals surface area (Å²) in [6, 6.07) is 3.53. The average Bonchev–Trinajstić information content (AvgIpc) is 2.36. The summed E-state index contributed by atoms with van der Waals surface area (Å²) in [7, 11) is 0. The van der Waals surface area contributed by atoms with Crippen LogP contribution in [0.25, 0.3) is 0 Å². The summed E-state index contributed by atoms with van der Waals surface area (Å²) >= 11 is 0. The number of halogens is 1. The SMILES string of the molecule is CC(C)N1CC2CC(C1)N2Cc1cncc(F)c1. The van der Waals surface area contributed by atoms with E-state index in [1.165, 1.54) is 12.6 Å². The quantitative estimate of drug-likeness (QED) is 0.815. The van der Waals surface area contributed by atoms with Crippen LogP contribution in [0.4, 0.5) is 4.39 Å². The van der Waals surface area contributed by atoms with Crippen LogP contribution in [0.15, 0.2) is 18.5 Å². The lowest BCUT2D eigenvalue weighted by Gasteiger charge is -2.57. The van der Waals surface area contributed by atoms with E-state index in [1.807, 2.05) is 0 Å². The minimum atomic E-state index is -0.234. The first-order valence-corrected chi connectivity index (χ1v) is 6.72. The van der Waals surface area contributed by atoms with E-state index >= 15 is 0 Å². The van der Waals surface area contributed by atoms with Gasteiger partial charge in [0.2, 0.25) is 0 Å². The molecule has 2 unspecified atom stereocenters. The first-order chi connectivity index (χ1) is 8.63. The molecular weight excluding hydrogens is 229 g/mol. The van der Waals surface area contributed by atoms with Crippen LogP contribution in [0, 0.1) is 5.82 Å². The summed E-state index contributed by atoms with van der Waals surface area (Å²) in [6.45, 7) is 7.65. The number of pyridine rings is 1. The van der Waals surface area contributed by atoms with Gasteiger partial charge in [-0.3, -0.25) is 14.8 Å². The van der Waals surface area contributed by atoms with E-state index in [2.05, 4.69) is 28.6 Å². The van der Waals surface area contributed by atoms with E-state index < -0.39 is 0 Å². The molecule has 0 saturated carbocycles. The van der Waals surface area contributed by atoms with E-state index in [0.29, 0.717) is 18.1 Å². The third kappa shape index (κ3) is 2.15. The van der Waals surface area contributed by atoms with E-state index in [9.17, 15) is 4.39 Å². The Morgan fingerprint density at radius 2 is 2.06 bits per heavy atom. The highest BCUT2D eigenvalue weighted by Crippen LogP contribution is 2.34. The van der Waals surface area contributed by atoms with Gasteiger partial charge in [-0.1, -0.05) is 0 Å². The molecule has 3 fully saturated rings. The average molecular weight is 249 g/mol. The molecule has 4 heterocycles. The molecule has 3 saturated heterocycles. The van der Waals surface area contributed by atoms with Gasteiger partial charge in [0.1, 0.15) is 5.82 Å². The summed E-state index contributed by atoms with van der Waals surface area (Å²) in [5, 5.41) is 0. The number of fused-ring (bicyclic) bond motifs is 2. The Kier molecular flexibility index (Phi) is 3.08. The molecule has 2 bridgehead atoms. The molecule has 0 aromatic carbocycles. The maximum atomic E-state index is 13.1. The molecule has 1 aromatic heterocycles. The van der Waals surface area contributed by atoms with Gasteiger partial charge in [0.25, 0.3) is 0 Å². The summed E-state index contributed by atoms with van der Waals surface area (Å²) in [5.74, 6) is -0.234. The molecule has 4 heteroatoms. The van der Waals surface area contributed by atoms with E-state index in [4.69, 9.17) is 0 Å². The number of hydrogen-bond donors (Lipinski definition) is 0. The predicted molar refractivity (Wildman–Crippen MR) is 68.6 cm³/mol. The summed E-state index contributed by atoms with van der Waals surface area (Å²) < 4.78 is 13.1. The highest BCUT2D eigenvalue weighted by molar-refractivity contribution is 5.13. The number of aromatic nitrogens is 1. The Hall–Kier alpha value is -1.00. The van der Waals surface area contributed by atoms with E-state index in [1.54, 1.807) is 12.3 Å². The lowest BCUT2D eigenvalue weighted by Crippen LogP contribution is -2.68. The van der Waals surface area contributed by atoms with Crippen molar-refractivity contribution in [3.63, 3.8) is 0 Å². The predicted octanol–water partition coefficient (Wildman–Crippen LogP) is 1.89. The Labute approximate surface area is 108 Å². The van der Waals surface area contributed by atoms with Gasteiger partial charge in [-0.15, -0.1) is 0 Å². The number of piperazine rings is 1. The monoisotopic (exact) mass is 249 g/mol. The maximum Gasteiger partial charge on any atom is 0.141 e. The first kappa shape index (κ1) is 12.1. The Bertz CT molecular complexity index is 423. The smallest absolute Gasteiger partial charge is 0.141 e. The van der Waals surface area contributed by atoms with E-state index in [-0.39, 0.29) is 5.82 Å². The van der Waals surface area contributed by atoms with Crippen molar-refractivity contribution in [1.82, 2.24) is 14.8 Å². The molecule has 3 nitrogen and oxygen atoms in total. The van der Waals surface area contributed by atoms with Crippen molar-refractivity contribution in [2.45, 2.75) is 44.9 Å². The molecular formula is C14H20FN3. The van der Waals surface area contributed by atoms with Gasteiger partial charge >= 0.3 is 0 Å². The van der Waals surface area contributed by atoms with Gasteiger partial charge in [0, 0.05) is 44.0 Å². The molecule has 98 valence electrons. The highest BCUT2D eigenvalue weighted by Gasteiger charge is 2.44. The second-order valence-corrected chi connectivity index (χ2v) is 5.77. The van der Waals surface area contributed by atoms with Crippen LogP contribution in [-0.2, 0) is 6.54 Å². The van der Waals surface area contributed by atoms with Crippen LogP contribution in [0.3, 0.4) is 0 Å². The third-order valence-corrected chi connectivity index (χ3v) is 4.23. The van der Waals surface area contributed by atoms with Crippen LogP contribution < -0.4 is 0 Å². The zero-order valence-corrected chi connectivity index (χ0v) is 11.0. The largest absolute Gasteiger partial charge is 0.298 e. The minimum absolute atomic E-state index is 0.234. The van der Waals surface area contributed by atoms with Gasteiger partial charge in [-0.25, -0.2) is 4.39 Å². The van der Waals surface area contributed by atoms with Gasteiger partial charge in [-0.05, 0) is 31.9 Å². The zero-order valence-electron chi connectivity index (χ0n) is 11.0. The van der Waals surface area contributed by atoms with Crippen LogP contribution in [0.5, 0.6) is 0 Å². The summed E-state index contributed by atoms with van der Waals surface area (Å²) in [5.41, 5.74) is 0.989. The van der Waals surface area contributed by atoms with Gasteiger partial charge in [0.15, 0.2) is 0 Å². The molecule has 1 aromatic rings. The second-order valence-electron chi connectivity index (χ2n) is 5.77. The van der Waals surface area contributed by atoms with Crippen molar-refractivity contribution >= 4 is 0 Å². The topological polar surface area (TPSA) is 19.4 Å². The zero-order chi connectivity index (χ0) is 12.7. The standard InChI is InChI=1S/C14H20FN3/c1-10(2)17-8-13-4-14(9-17)18(13)7-11-3-12(15)6-16-5-11/h3,5-6,10,13-14H,4,7-9H2,1-2H3. The molecule has 2 atom stereocenters. The van der Waals surface area contributed by atoms with Gasteiger partial charge in [0.05, 0.1) is 6.20 Å². The molecule has 0 amide bonds. The van der Waals surface area contributed by atoms with Crippen molar-refractivity contribution < 1.29 is 4.39 Å². The lowest BCUT2D eigenvalue weighted by molar-refractivity contribution is -0.0835. The first-order valence-electron chi connectivity index (χ1n) is 6.72. The Morgan fingerprint density at radius 3 is 2.67 bits per heavy atom. The van der Waals surface area contributed by atoms with Crippen LogP contribution in [-0.4, -0.2) is 46.0 Å². The molecule has 18 heavy (non-hydrogen) atoms. The molecule has 4 rings (SSSR count). The second kappa shape index (κ2) is 4.59. The van der Waals surface area contributed by atoms with Crippen LogP contribution in [0.2, 0.25) is 0 Å². The number of hydrogen-bond acceptors (Lipinski definition) is 3. The highest BCUT2D eigenvalue weighted by atomic mass is 19.1. The molecule has 3 aliphatic rings.